The number of aromatic nitrogens is 3. The van der Waals surface area contributed by atoms with Crippen molar-refractivity contribution in [3.05, 3.63) is 56.5 Å². The van der Waals surface area contributed by atoms with Gasteiger partial charge in [-0.05, 0) is 51.3 Å². The summed E-state index contributed by atoms with van der Waals surface area (Å²) >= 11 is 0. The minimum atomic E-state index is -0.373. The number of rotatable bonds is 6. The van der Waals surface area contributed by atoms with Crippen molar-refractivity contribution in [2.24, 2.45) is 7.05 Å². The molecule has 9 nitrogen and oxygen atoms in total. The Kier molecular flexibility index (Phi) is 6.43. The van der Waals surface area contributed by atoms with E-state index in [4.69, 9.17) is 0 Å². The molecule has 3 aromatic rings. The van der Waals surface area contributed by atoms with Crippen molar-refractivity contribution in [3.63, 3.8) is 0 Å². The molecule has 4 N–H and O–H groups in total. The lowest BCUT2D eigenvalue weighted by molar-refractivity contribution is -0.128. The summed E-state index contributed by atoms with van der Waals surface area (Å²) in [5.74, 6) is -0.739. The number of pyridine rings is 1. The Bertz CT molecular complexity index is 1210. The minimum Gasteiger partial charge on any atom is -0.376 e. The normalized spacial score (nSPS) is 10.9. The van der Waals surface area contributed by atoms with Crippen LogP contribution < -0.4 is 21.7 Å². The van der Waals surface area contributed by atoms with Crippen molar-refractivity contribution < 1.29 is 9.59 Å². The summed E-state index contributed by atoms with van der Waals surface area (Å²) < 4.78 is 1.64. The highest BCUT2D eigenvalue weighted by Gasteiger charge is 2.16. The second-order valence-corrected chi connectivity index (χ2v) is 7.76. The predicted octanol–water partition coefficient (Wildman–Crippen LogP) is 1.69. The first-order chi connectivity index (χ1) is 14.7. The number of hydrogen-bond donors (Lipinski definition) is 4. The van der Waals surface area contributed by atoms with Gasteiger partial charge in [0, 0.05) is 30.1 Å². The largest absolute Gasteiger partial charge is 0.376 e. The average Bonchev–Trinajstić information content (AvgIpc) is 2.98. The maximum Gasteiger partial charge on any atom is 0.257 e. The van der Waals surface area contributed by atoms with E-state index in [1.54, 1.807) is 11.7 Å². The Morgan fingerprint density at radius 1 is 1.10 bits per heavy atom. The fourth-order valence-corrected chi connectivity index (χ4v) is 3.73. The SMILES string of the molecule is Cc1ccc(NCC(=O)NNC(=O)CCc2c(C)c3c(C)nn(C)c3[nH]c2=O)c(C)c1. The van der Waals surface area contributed by atoms with E-state index in [9.17, 15) is 14.4 Å². The monoisotopic (exact) mass is 424 g/mol. The molecule has 1 aromatic carbocycles. The third kappa shape index (κ3) is 4.93. The number of carbonyl (C=O) groups is 2. The second kappa shape index (κ2) is 9.03. The number of nitrogens with one attached hydrogen (secondary N) is 4. The van der Waals surface area contributed by atoms with Gasteiger partial charge in [0.2, 0.25) is 5.91 Å². The molecular formula is C22H28N6O3. The molecule has 31 heavy (non-hydrogen) atoms. The van der Waals surface area contributed by atoms with Gasteiger partial charge in [0.05, 0.1) is 12.2 Å². The van der Waals surface area contributed by atoms with Gasteiger partial charge in [-0.1, -0.05) is 17.7 Å². The first-order valence-corrected chi connectivity index (χ1v) is 10.1. The fraction of sp³-hybridized carbons (Fsp3) is 0.364. The van der Waals surface area contributed by atoms with Gasteiger partial charge in [0.25, 0.3) is 11.5 Å². The van der Waals surface area contributed by atoms with Gasteiger partial charge in [-0.15, -0.1) is 0 Å². The first-order valence-electron chi connectivity index (χ1n) is 10.1. The number of carbonyl (C=O) groups excluding carboxylic acids is 2. The van der Waals surface area contributed by atoms with Gasteiger partial charge >= 0.3 is 0 Å². The van der Waals surface area contributed by atoms with E-state index >= 15 is 0 Å². The van der Waals surface area contributed by atoms with E-state index in [-0.39, 0.29) is 36.8 Å². The molecule has 0 saturated carbocycles. The van der Waals surface area contributed by atoms with E-state index in [0.29, 0.717) is 11.2 Å². The Balaban J connectivity index is 1.53. The lowest BCUT2D eigenvalue weighted by Crippen LogP contribution is -2.44. The number of anilines is 1. The molecule has 164 valence electrons. The van der Waals surface area contributed by atoms with E-state index in [0.717, 1.165) is 33.5 Å². The molecule has 0 unspecified atom stereocenters. The molecule has 0 aliphatic rings. The van der Waals surface area contributed by atoms with Crippen LogP contribution in [0.2, 0.25) is 0 Å². The zero-order valence-corrected chi connectivity index (χ0v) is 18.5. The van der Waals surface area contributed by atoms with Crippen LogP contribution in [0, 0.1) is 27.7 Å². The predicted molar refractivity (Wildman–Crippen MR) is 120 cm³/mol. The van der Waals surface area contributed by atoms with Gasteiger partial charge in [-0.25, -0.2) is 0 Å². The highest BCUT2D eigenvalue weighted by Crippen LogP contribution is 2.21. The van der Waals surface area contributed by atoms with Crippen LogP contribution >= 0.6 is 0 Å². The van der Waals surface area contributed by atoms with E-state index in [1.165, 1.54) is 0 Å². The number of aryl methyl sites for hydroxylation is 5. The van der Waals surface area contributed by atoms with Crippen LogP contribution in [0.15, 0.2) is 23.0 Å². The summed E-state index contributed by atoms with van der Waals surface area (Å²) in [4.78, 5) is 39.5. The standard InChI is InChI=1S/C22H28N6O3/c1-12-6-8-17(13(2)10-12)23-11-19(30)26-25-18(29)9-7-16-14(3)20-15(4)27-28(5)21(20)24-22(16)31/h6,8,10,23H,7,9,11H2,1-5H3,(H,24,31)(H,25,29)(H,26,30). The fourth-order valence-electron chi connectivity index (χ4n) is 3.73. The highest BCUT2D eigenvalue weighted by atomic mass is 16.2. The lowest BCUT2D eigenvalue weighted by Gasteiger charge is -2.11. The molecular weight excluding hydrogens is 396 g/mol. The number of hydrogen-bond acceptors (Lipinski definition) is 5. The molecule has 2 aromatic heterocycles. The summed E-state index contributed by atoms with van der Waals surface area (Å²) in [5.41, 5.74) is 10.4. The Morgan fingerprint density at radius 3 is 2.52 bits per heavy atom. The molecule has 0 fully saturated rings. The molecule has 0 aliphatic carbocycles. The molecule has 3 rings (SSSR count). The number of hydrazine groups is 1. The van der Waals surface area contributed by atoms with Gasteiger partial charge in [0.15, 0.2) is 0 Å². The number of H-pyrrole nitrogens is 1. The van der Waals surface area contributed by atoms with Crippen LogP contribution in [0.4, 0.5) is 5.69 Å². The highest BCUT2D eigenvalue weighted by molar-refractivity contribution is 5.85. The zero-order chi connectivity index (χ0) is 22.7. The smallest absolute Gasteiger partial charge is 0.257 e. The molecule has 9 heteroatoms. The molecule has 0 radical (unpaired) electrons. The quantitative estimate of drug-likeness (QED) is 0.449. The number of fused-ring (bicyclic) bond motifs is 1. The van der Waals surface area contributed by atoms with E-state index in [2.05, 4.69) is 26.3 Å². The van der Waals surface area contributed by atoms with Crippen LogP contribution in [0.25, 0.3) is 11.0 Å². The van der Waals surface area contributed by atoms with Crippen molar-refractivity contribution in [2.75, 3.05) is 11.9 Å². The molecule has 0 bridgehead atoms. The van der Waals surface area contributed by atoms with Crippen molar-refractivity contribution >= 4 is 28.5 Å². The summed E-state index contributed by atoms with van der Waals surface area (Å²) in [7, 11) is 1.77. The Hall–Kier alpha value is -3.62. The summed E-state index contributed by atoms with van der Waals surface area (Å²) in [6.45, 7) is 7.74. The number of amides is 2. The van der Waals surface area contributed by atoms with Crippen LogP contribution in [0.5, 0.6) is 0 Å². The van der Waals surface area contributed by atoms with Crippen LogP contribution in [-0.4, -0.2) is 33.1 Å². The molecule has 0 saturated heterocycles. The van der Waals surface area contributed by atoms with Crippen molar-refractivity contribution in [2.45, 2.75) is 40.5 Å². The molecule has 0 aliphatic heterocycles. The summed E-state index contributed by atoms with van der Waals surface area (Å²) in [6, 6.07) is 5.90. The second-order valence-electron chi connectivity index (χ2n) is 7.76. The average molecular weight is 425 g/mol. The number of aromatic amines is 1. The molecule has 0 atom stereocenters. The van der Waals surface area contributed by atoms with Gasteiger partial charge in [-0.2, -0.15) is 5.10 Å². The molecule has 0 spiro atoms. The van der Waals surface area contributed by atoms with E-state index < -0.39 is 0 Å². The number of benzene rings is 1. The third-order valence-corrected chi connectivity index (χ3v) is 5.32. The minimum absolute atomic E-state index is 0.0277. The number of nitrogens with zero attached hydrogens (tertiary/aromatic N) is 2. The van der Waals surface area contributed by atoms with Crippen molar-refractivity contribution in [1.29, 1.82) is 0 Å². The van der Waals surface area contributed by atoms with Crippen LogP contribution in [0.1, 0.15) is 34.4 Å². The van der Waals surface area contributed by atoms with Gasteiger partial charge < -0.3 is 10.3 Å². The first kappa shape index (κ1) is 22.1. The zero-order valence-electron chi connectivity index (χ0n) is 18.5. The maximum atomic E-state index is 12.5. The summed E-state index contributed by atoms with van der Waals surface area (Å²) in [6.07, 6.45) is 0.327. The third-order valence-electron chi connectivity index (χ3n) is 5.32. The molecule has 2 amide bonds. The topological polar surface area (TPSA) is 121 Å². The van der Waals surface area contributed by atoms with Gasteiger partial charge in [-0.3, -0.25) is 29.9 Å². The molecule has 2 heterocycles. The summed E-state index contributed by atoms with van der Waals surface area (Å²) in [5, 5.41) is 8.28. The maximum absolute atomic E-state index is 12.5. The van der Waals surface area contributed by atoms with Crippen LogP contribution in [-0.2, 0) is 23.1 Å². The van der Waals surface area contributed by atoms with Crippen molar-refractivity contribution in [3.8, 4) is 0 Å². The lowest BCUT2D eigenvalue weighted by atomic mass is 10.0. The Morgan fingerprint density at radius 2 is 1.81 bits per heavy atom. The van der Waals surface area contributed by atoms with Crippen LogP contribution in [0.3, 0.4) is 0 Å². The van der Waals surface area contributed by atoms with Crippen molar-refractivity contribution in [1.82, 2.24) is 25.6 Å². The van der Waals surface area contributed by atoms with Gasteiger partial charge in [0.1, 0.15) is 5.65 Å². The Labute approximate surface area is 180 Å². The van der Waals surface area contributed by atoms with E-state index in [1.807, 2.05) is 45.9 Å².